The van der Waals surface area contributed by atoms with Gasteiger partial charge in [-0.05, 0) is 43.3 Å². The lowest BCUT2D eigenvalue weighted by Gasteiger charge is -2.04. The first kappa shape index (κ1) is 17.7. The van der Waals surface area contributed by atoms with E-state index in [0.29, 0.717) is 17.2 Å². The van der Waals surface area contributed by atoms with Gasteiger partial charge in [-0.25, -0.2) is 0 Å². The van der Waals surface area contributed by atoms with Crippen molar-refractivity contribution in [1.29, 1.82) is 5.26 Å². The number of halogens is 1. The maximum absolute atomic E-state index is 12.3. The van der Waals surface area contributed by atoms with Gasteiger partial charge in [0.1, 0.15) is 23.2 Å². The molecule has 0 aliphatic heterocycles. The molecule has 0 unspecified atom stereocenters. The Kier molecular flexibility index (Phi) is 5.35. The molecule has 0 aliphatic rings. The van der Waals surface area contributed by atoms with Gasteiger partial charge >= 0.3 is 0 Å². The largest absolute Gasteiger partial charge is 0.457 e. The highest BCUT2D eigenvalue weighted by molar-refractivity contribution is 9.10. The third-order valence-electron chi connectivity index (χ3n) is 3.70. The third-order valence-corrected chi connectivity index (χ3v) is 4.19. The van der Waals surface area contributed by atoms with Crippen LogP contribution in [-0.4, -0.2) is 5.91 Å². The van der Waals surface area contributed by atoms with Gasteiger partial charge in [-0.2, -0.15) is 5.26 Å². The standard InChI is InChI=1S/C21H15BrN2O2/c1-14-5-7-18(8-6-14)24-21(25)16(13-23)12-19-9-10-20(26-19)15-3-2-4-17(22)11-15/h2-12H,1H3,(H,24,25)/b16-12-. The van der Waals surface area contributed by atoms with Gasteiger partial charge in [-0.3, -0.25) is 4.79 Å². The summed E-state index contributed by atoms with van der Waals surface area (Å²) in [6, 6.07) is 20.5. The highest BCUT2D eigenvalue weighted by Gasteiger charge is 2.11. The smallest absolute Gasteiger partial charge is 0.266 e. The number of nitriles is 1. The van der Waals surface area contributed by atoms with Crippen molar-refractivity contribution in [3.8, 4) is 17.4 Å². The summed E-state index contributed by atoms with van der Waals surface area (Å²) >= 11 is 3.42. The SMILES string of the molecule is Cc1ccc(NC(=O)/C(C#N)=C\c2ccc(-c3cccc(Br)c3)o2)cc1. The van der Waals surface area contributed by atoms with E-state index in [1.165, 1.54) is 6.08 Å². The van der Waals surface area contributed by atoms with Crippen molar-refractivity contribution in [3.05, 3.63) is 82.0 Å². The molecular weight excluding hydrogens is 392 g/mol. The molecule has 5 heteroatoms. The number of nitrogens with one attached hydrogen (secondary N) is 1. The predicted octanol–water partition coefficient (Wildman–Crippen LogP) is 5.56. The van der Waals surface area contributed by atoms with Crippen molar-refractivity contribution in [3.63, 3.8) is 0 Å². The molecule has 128 valence electrons. The lowest BCUT2D eigenvalue weighted by molar-refractivity contribution is -0.112. The molecule has 3 aromatic rings. The van der Waals surface area contributed by atoms with Crippen molar-refractivity contribution < 1.29 is 9.21 Å². The van der Waals surface area contributed by atoms with Gasteiger partial charge in [-0.15, -0.1) is 0 Å². The number of rotatable bonds is 4. The van der Waals surface area contributed by atoms with Crippen LogP contribution in [0.25, 0.3) is 17.4 Å². The first-order valence-corrected chi connectivity index (χ1v) is 8.70. The Morgan fingerprint density at radius 1 is 1.15 bits per heavy atom. The van der Waals surface area contributed by atoms with E-state index in [1.54, 1.807) is 24.3 Å². The molecule has 1 aromatic heterocycles. The van der Waals surface area contributed by atoms with Crippen LogP contribution in [0.5, 0.6) is 0 Å². The number of amides is 1. The van der Waals surface area contributed by atoms with Crippen LogP contribution in [0, 0.1) is 18.3 Å². The van der Waals surface area contributed by atoms with Gasteiger partial charge in [0.25, 0.3) is 5.91 Å². The van der Waals surface area contributed by atoms with Crippen molar-refractivity contribution in [2.24, 2.45) is 0 Å². The summed E-state index contributed by atoms with van der Waals surface area (Å²) in [5, 5.41) is 12.0. The lowest BCUT2D eigenvalue weighted by Crippen LogP contribution is -2.13. The minimum atomic E-state index is -0.475. The molecule has 1 N–H and O–H groups in total. The second-order valence-electron chi connectivity index (χ2n) is 5.70. The van der Waals surface area contributed by atoms with Crippen LogP contribution in [0.3, 0.4) is 0 Å². The van der Waals surface area contributed by atoms with E-state index in [0.717, 1.165) is 15.6 Å². The Bertz CT molecular complexity index is 1010. The molecule has 4 nitrogen and oxygen atoms in total. The van der Waals surface area contributed by atoms with Crippen LogP contribution >= 0.6 is 15.9 Å². The number of aryl methyl sites for hydroxylation is 1. The molecule has 0 bridgehead atoms. The zero-order valence-electron chi connectivity index (χ0n) is 14.0. The van der Waals surface area contributed by atoms with Crippen molar-refractivity contribution >= 4 is 33.6 Å². The van der Waals surface area contributed by atoms with E-state index in [-0.39, 0.29) is 5.57 Å². The minimum absolute atomic E-state index is 0.0271. The van der Waals surface area contributed by atoms with Crippen LogP contribution < -0.4 is 5.32 Å². The first-order valence-electron chi connectivity index (χ1n) is 7.91. The molecule has 0 radical (unpaired) electrons. The third kappa shape index (κ3) is 4.29. The van der Waals surface area contributed by atoms with E-state index in [4.69, 9.17) is 4.42 Å². The summed E-state index contributed by atoms with van der Waals surface area (Å²) in [4.78, 5) is 12.3. The van der Waals surface area contributed by atoms with Crippen LogP contribution in [0.4, 0.5) is 5.69 Å². The number of carbonyl (C=O) groups is 1. The summed E-state index contributed by atoms with van der Waals surface area (Å²) in [6.45, 7) is 1.96. The van der Waals surface area contributed by atoms with E-state index in [9.17, 15) is 10.1 Å². The number of benzene rings is 2. The van der Waals surface area contributed by atoms with E-state index in [1.807, 2.05) is 49.4 Å². The fraction of sp³-hybridized carbons (Fsp3) is 0.0476. The molecular formula is C21H15BrN2O2. The second-order valence-corrected chi connectivity index (χ2v) is 6.62. The lowest BCUT2D eigenvalue weighted by atomic mass is 10.2. The van der Waals surface area contributed by atoms with Gasteiger partial charge < -0.3 is 9.73 Å². The average molecular weight is 407 g/mol. The van der Waals surface area contributed by atoms with Gasteiger partial charge in [-0.1, -0.05) is 45.8 Å². The Morgan fingerprint density at radius 2 is 1.92 bits per heavy atom. The number of anilines is 1. The van der Waals surface area contributed by atoms with E-state index < -0.39 is 5.91 Å². The molecule has 26 heavy (non-hydrogen) atoms. The van der Waals surface area contributed by atoms with E-state index in [2.05, 4.69) is 21.2 Å². The summed E-state index contributed by atoms with van der Waals surface area (Å²) < 4.78 is 6.69. The van der Waals surface area contributed by atoms with Gasteiger partial charge in [0.2, 0.25) is 0 Å². The number of hydrogen-bond donors (Lipinski definition) is 1. The van der Waals surface area contributed by atoms with Crippen LogP contribution in [0.2, 0.25) is 0 Å². The molecule has 1 amide bonds. The Hall–Kier alpha value is -3.10. The highest BCUT2D eigenvalue weighted by atomic mass is 79.9. The van der Waals surface area contributed by atoms with Crippen molar-refractivity contribution in [2.75, 3.05) is 5.32 Å². The number of carbonyl (C=O) groups excluding carboxylic acids is 1. The van der Waals surface area contributed by atoms with E-state index >= 15 is 0 Å². The molecule has 0 saturated carbocycles. The van der Waals surface area contributed by atoms with Gasteiger partial charge in [0.15, 0.2) is 0 Å². The quantitative estimate of drug-likeness (QED) is 0.455. The molecule has 0 fully saturated rings. The maximum atomic E-state index is 12.3. The maximum Gasteiger partial charge on any atom is 0.266 e. The average Bonchev–Trinajstić information content (AvgIpc) is 3.10. The van der Waals surface area contributed by atoms with Crippen LogP contribution in [0.1, 0.15) is 11.3 Å². The van der Waals surface area contributed by atoms with Crippen LogP contribution in [-0.2, 0) is 4.79 Å². The summed E-state index contributed by atoms with van der Waals surface area (Å²) in [5.41, 5.74) is 2.60. The molecule has 2 aromatic carbocycles. The Labute approximate surface area is 159 Å². The summed E-state index contributed by atoms with van der Waals surface area (Å²) in [6.07, 6.45) is 1.44. The fourth-order valence-electron chi connectivity index (χ4n) is 2.35. The molecule has 0 aliphatic carbocycles. The molecule has 0 saturated heterocycles. The second kappa shape index (κ2) is 7.85. The number of hydrogen-bond acceptors (Lipinski definition) is 3. The molecule has 1 heterocycles. The molecule has 0 spiro atoms. The van der Waals surface area contributed by atoms with Crippen molar-refractivity contribution in [1.82, 2.24) is 0 Å². The normalized spacial score (nSPS) is 11.0. The number of furan rings is 1. The van der Waals surface area contributed by atoms with Gasteiger partial charge in [0, 0.05) is 21.8 Å². The van der Waals surface area contributed by atoms with Crippen LogP contribution in [0.15, 0.2) is 75.1 Å². The molecule has 0 atom stereocenters. The molecule has 3 rings (SSSR count). The summed E-state index contributed by atoms with van der Waals surface area (Å²) in [7, 11) is 0. The van der Waals surface area contributed by atoms with Gasteiger partial charge in [0.05, 0.1) is 0 Å². The fourth-order valence-corrected chi connectivity index (χ4v) is 2.75. The Balaban J connectivity index is 1.80. The highest BCUT2D eigenvalue weighted by Crippen LogP contribution is 2.26. The summed E-state index contributed by atoms with van der Waals surface area (Å²) in [5.74, 6) is 0.626. The Morgan fingerprint density at radius 3 is 2.62 bits per heavy atom. The topological polar surface area (TPSA) is 66.0 Å². The zero-order valence-corrected chi connectivity index (χ0v) is 15.6. The predicted molar refractivity (Wildman–Crippen MR) is 105 cm³/mol. The monoisotopic (exact) mass is 406 g/mol. The zero-order chi connectivity index (χ0) is 18.5. The number of nitrogens with zero attached hydrogens (tertiary/aromatic N) is 1. The van der Waals surface area contributed by atoms with Crippen molar-refractivity contribution in [2.45, 2.75) is 6.92 Å². The first-order chi connectivity index (χ1) is 12.5. The minimum Gasteiger partial charge on any atom is -0.457 e.